The van der Waals surface area contributed by atoms with Crippen molar-refractivity contribution >= 4 is 29.2 Å². The van der Waals surface area contributed by atoms with Gasteiger partial charge < -0.3 is 10.6 Å². The van der Waals surface area contributed by atoms with Crippen molar-refractivity contribution in [1.82, 2.24) is 15.8 Å². The maximum Gasteiger partial charge on any atom is 0.344 e. The number of nitrogens with one attached hydrogen (secondary N) is 3. The quantitative estimate of drug-likeness (QED) is 0.388. The number of nitro benzene ring substituents is 1. The van der Waals surface area contributed by atoms with Crippen LogP contribution in [0.3, 0.4) is 0 Å². The molecule has 1 atom stereocenters. The van der Waals surface area contributed by atoms with Crippen molar-refractivity contribution in [2.45, 2.75) is 18.9 Å². The SMILES string of the molecule is CC[C@]1(c2ccccc2)NC(=O)N(NC(=O)c2ccc(NC)c([N+](=O)[O-])c2)C1=O. The van der Waals surface area contributed by atoms with Gasteiger partial charge in [-0.05, 0) is 24.1 Å². The molecule has 2 aromatic rings. The van der Waals surface area contributed by atoms with E-state index in [2.05, 4.69) is 16.1 Å². The molecule has 1 saturated heterocycles. The fraction of sp³-hybridized carbons (Fsp3) is 0.211. The van der Waals surface area contributed by atoms with E-state index in [4.69, 9.17) is 0 Å². The Morgan fingerprint density at radius 3 is 2.48 bits per heavy atom. The fourth-order valence-electron chi connectivity index (χ4n) is 3.24. The number of hydrazine groups is 1. The Bertz CT molecular complexity index is 994. The highest BCUT2D eigenvalue weighted by molar-refractivity contribution is 6.09. The van der Waals surface area contributed by atoms with Crippen molar-refractivity contribution in [3.8, 4) is 0 Å². The molecule has 2 aromatic carbocycles. The summed E-state index contributed by atoms with van der Waals surface area (Å²) in [6, 6.07) is 11.7. The van der Waals surface area contributed by atoms with E-state index in [1.54, 1.807) is 37.3 Å². The molecule has 0 aromatic heterocycles. The zero-order chi connectivity index (χ0) is 21.2. The number of carbonyl (C=O) groups excluding carboxylic acids is 3. The number of urea groups is 1. The fourth-order valence-corrected chi connectivity index (χ4v) is 3.24. The van der Waals surface area contributed by atoms with E-state index < -0.39 is 28.3 Å². The Morgan fingerprint density at radius 2 is 1.90 bits per heavy atom. The van der Waals surface area contributed by atoms with E-state index >= 15 is 0 Å². The third-order valence-corrected chi connectivity index (χ3v) is 4.83. The molecular formula is C19H19N5O5. The number of carbonyl (C=O) groups is 3. The molecule has 0 spiro atoms. The largest absolute Gasteiger partial charge is 0.383 e. The molecule has 0 unspecified atom stereocenters. The number of hydrogen-bond acceptors (Lipinski definition) is 6. The first kappa shape index (κ1) is 19.8. The smallest absolute Gasteiger partial charge is 0.344 e. The number of hydrogen-bond donors (Lipinski definition) is 3. The molecule has 1 aliphatic rings. The van der Waals surface area contributed by atoms with Gasteiger partial charge in [-0.2, -0.15) is 5.01 Å². The summed E-state index contributed by atoms with van der Waals surface area (Å²) >= 11 is 0. The van der Waals surface area contributed by atoms with Gasteiger partial charge in [-0.15, -0.1) is 0 Å². The second-order valence-electron chi connectivity index (χ2n) is 6.38. The lowest BCUT2D eigenvalue weighted by atomic mass is 9.87. The highest BCUT2D eigenvalue weighted by atomic mass is 16.6. The lowest BCUT2D eigenvalue weighted by Gasteiger charge is -2.25. The monoisotopic (exact) mass is 397 g/mol. The molecule has 1 fully saturated rings. The number of amides is 4. The lowest BCUT2D eigenvalue weighted by molar-refractivity contribution is -0.384. The maximum absolute atomic E-state index is 13.0. The Morgan fingerprint density at radius 1 is 1.21 bits per heavy atom. The molecule has 0 bridgehead atoms. The Hall–Kier alpha value is -3.95. The summed E-state index contributed by atoms with van der Waals surface area (Å²) < 4.78 is 0. The van der Waals surface area contributed by atoms with Gasteiger partial charge >= 0.3 is 6.03 Å². The van der Waals surface area contributed by atoms with Gasteiger partial charge in [0, 0.05) is 18.7 Å². The van der Waals surface area contributed by atoms with E-state index in [1.165, 1.54) is 19.2 Å². The highest BCUT2D eigenvalue weighted by Crippen LogP contribution is 2.32. The first-order chi connectivity index (χ1) is 13.8. The van der Waals surface area contributed by atoms with Crippen LogP contribution in [0.5, 0.6) is 0 Å². The minimum absolute atomic E-state index is 0.0648. The zero-order valence-electron chi connectivity index (χ0n) is 15.8. The van der Waals surface area contributed by atoms with Crippen molar-refractivity contribution in [1.29, 1.82) is 0 Å². The zero-order valence-corrected chi connectivity index (χ0v) is 15.8. The predicted octanol–water partition coefficient (Wildman–Crippen LogP) is 2.14. The molecule has 1 aliphatic heterocycles. The van der Waals surface area contributed by atoms with Crippen LogP contribution in [0.15, 0.2) is 48.5 Å². The minimum atomic E-state index is -1.30. The summed E-state index contributed by atoms with van der Waals surface area (Å²) in [6.07, 6.45) is 0.274. The van der Waals surface area contributed by atoms with Crippen LogP contribution >= 0.6 is 0 Å². The van der Waals surface area contributed by atoms with Crippen molar-refractivity contribution in [3.05, 3.63) is 69.8 Å². The van der Waals surface area contributed by atoms with Crippen molar-refractivity contribution < 1.29 is 19.3 Å². The van der Waals surface area contributed by atoms with Crippen LogP contribution in [-0.4, -0.2) is 34.8 Å². The van der Waals surface area contributed by atoms with Gasteiger partial charge in [-0.1, -0.05) is 37.3 Å². The van der Waals surface area contributed by atoms with Crippen LogP contribution in [0.4, 0.5) is 16.2 Å². The predicted molar refractivity (Wildman–Crippen MR) is 104 cm³/mol. The number of anilines is 1. The molecule has 1 heterocycles. The summed E-state index contributed by atoms with van der Waals surface area (Å²) in [6.45, 7) is 1.75. The number of nitro groups is 1. The standard InChI is InChI=1S/C19H19N5O5/c1-3-19(13-7-5-4-6-8-13)17(26)23(18(27)21-19)22-16(25)12-9-10-14(20-2)15(11-12)24(28)29/h4-11,20H,3H2,1-2H3,(H,21,27)(H,22,25)/t19-/m1/s1. The van der Waals surface area contributed by atoms with Crippen molar-refractivity contribution in [3.63, 3.8) is 0 Å². The summed E-state index contributed by atoms with van der Waals surface area (Å²) in [7, 11) is 1.52. The number of imide groups is 1. The molecule has 0 saturated carbocycles. The second kappa shape index (κ2) is 7.58. The Kier molecular flexibility index (Phi) is 5.18. The average molecular weight is 397 g/mol. The molecular weight excluding hydrogens is 378 g/mol. The number of nitrogens with zero attached hydrogens (tertiary/aromatic N) is 2. The Balaban J connectivity index is 1.88. The molecule has 0 radical (unpaired) electrons. The average Bonchev–Trinajstić information content (AvgIpc) is 2.98. The molecule has 10 nitrogen and oxygen atoms in total. The van der Waals surface area contributed by atoms with E-state index in [0.29, 0.717) is 10.6 Å². The number of benzene rings is 2. The van der Waals surface area contributed by atoms with Crippen LogP contribution in [0.2, 0.25) is 0 Å². The normalized spacial score (nSPS) is 18.3. The van der Waals surface area contributed by atoms with Gasteiger partial charge in [0.2, 0.25) is 0 Å². The molecule has 0 aliphatic carbocycles. The molecule has 4 amide bonds. The van der Waals surface area contributed by atoms with E-state index in [1.807, 2.05) is 0 Å². The minimum Gasteiger partial charge on any atom is -0.383 e. The summed E-state index contributed by atoms with van der Waals surface area (Å²) in [5.74, 6) is -1.45. The third kappa shape index (κ3) is 3.35. The molecule has 3 N–H and O–H groups in total. The number of rotatable bonds is 6. The lowest BCUT2D eigenvalue weighted by Crippen LogP contribution is -2.48. The van der Waals surface area contributed by atoms with Crippen LogP contribution in [0.1, 0.15) is 29.3 Å². The van der Waals surface area contributed by atoms with Crippen molar-refractivity contribution in [2.24, 2.45) is 0 Å². The summed E-state index contributed by atoms with van der Waals surface area (Å²) in [4.78, 5) is 48.6. The van der Waals surface area contributed by atoms with Gasteiger partial charge in [-0.3, -0.25) is 25.1 Å². The van der Waals surface area contributed by atoms with Crippen LogP contribution < -0.4 is 16.1 Å². The molecule has 150 valence electrons. The van der Waals surface area contributed by atoms with Gasteiger partial charge in [-0.25, -0.2) is 4.79 Å². The van der Waals surface area contributed by atoms with Crippen LogP contribution in [0.25, 0.3) is 0 Å². The van der Waals surface area contributed by atoms with E-state index in [-0.39, 0.29) is 23.4 Å². The topological polar surface area (TPSA) is 134 Å². The first-order valence-corrected chi connectivity index (χ1v) is 8.83. The van der Waals surface area contributed by atoms with Gasteiger partial charge in [0.15, 0.2) is 0 Å². The van der Waals surface area contributed by atoms with Gasteiger partial charge in [0.05, 0.1) is 4.92 Å². The van der Waals surface area contributed by atoms with Crippen molar-refractivity contribution in [2.75, 3.05) is 12.4 Å². The first-order valence-electron chi connectivity index (χ1n) is 8.83. The molecule has 10 heteroatoms. The second-order valence-corrected chi connectivity index (χ2v) is 6.38. The summed E-state index contributed by atoms with van der Waals surface area (Å²) in [5.41, 5.74) is 1.40. The molecule has 29 heavy (non-hydrogen) atoms. The van der Waals surface area contributed by atoms with Gasteiger partial charge in [0.1, 0.15) is 11.2 Å². The third-order valence-electron chi connectivity index (χ3n) is 4.83. The summed E-state index contributed by atoms with van der Waals surface area (Å²) in [5, 5.41) is 17.1. The Labute approximate surface area is 166 Å². The van der Waals surface area contributed by atoms with E-state index in [9.17, 15) is 24.5 Å². The van der Waals surface area contributed by atoms with Crippen LogP contribution in [-0.2, 0) is 10.3 Å². The highest BCUT2D eigenvalue weighted by Gasteiger charge is 2.52. The maximum atomic E-state index is 13.0. The molecule has 3 rings (SSSR count). The van der Waals surface area contributed by atoms with Crippen LogP contribution in [0, 0.1) is 10.1 Å². The van der Waals surface area contributed by atoms with Gasteiger partial charge in [0.25, 0.3) is 17.5 Å². The van der Waals surface area contributed by atoms with E-state index in [0.717, 1.165) is 6.07 Å².